The molecule has 0 aliphatic rings. The lowest BCUT2D eigenvalue weighted by Crippen LogP contribution is -2.27. The van der Waals surface area contributed by atoms with Gasteiger partial charge in [0, 0.05) is 21.7 Å². The highest BCUT2D eigenvalue weighted by molar-refractivity contribution is 7.19. The molecular formula is C17H15NO2S. The summed E-state index contributed by atoms with van der Waals surface area (Å²) in [4.78, 5) is 12.8. The van der Waals surface area contributed by atoms with E-state index in [4.69, 9.17) is 0 Å². The summed E-state index contributed by atoms with van der Waals surface area (Å²) in [6, 6.07) is 19.0. The number of carbonyl (C=O) groups excluding carboxylic acids is 1. The van der Waals surface area contributed by atoms with Crippen LogP contribution in [0.5, 0.6) is 0 Å². The van der Waals surface area contributed by atoms with Crippen LogP contribution in [0.4, 0.5) is 0 Å². The first-order valence-corrected chi connectivity index (χ1v) is 7.55. The van der Waals surface area contributed by atoms with Gasteiger partial charge in [0.1, 0.15) is 6.10 Å². The van der Waals surface area contributed by atoms with Crippen LogP contribution in [0.2, 0.25) is 0 Å². The standard InChI is InChI=1S/C17H15NO2S/c19-14(11-18-17(20)12-6-2-1-3-7-12)16-10-13-8-4-5-9-15(13)21-16/h1-10,14,19H,11H2,(H,18,20). The van der Waals surface area contributed by atoms with Gasteiger partial charge in [0.15, 0.2) is 0 Å². The van der Waals surface area contributed by atoms with E-state index in [1.165, 1.54) is 0 Å². The normalized spacial score (nSPS) is 12.2. The van der Waals surface area contributed by atoms with Crippen molar-refractivity contribution in [3.05, 3.63) is 71.1 Å². The van der Waals surface area contributed by atoms with Crippen molar-refractivity contribution in [2.24, 2.45) is 0 Å². The van der Waals surface area contributed by atoms with Gasteiger partial charge in [0.05, 0.1) is 0 Å². The van der Waals surface area contributed by atoms with Gasteiger partial charge in [-0.2, -0.15) is 0 Å². The van der Waals surface area contributed by atoms with Crippen LogP contribution in [0.1, 0.15) is 21.3 Å². The smallest absolute Gasteiger partial charge is 0.251 e. The monoisotopic (exact) mass is 297 g/mol. The van der Waals surface area contributed by atoms with Crippen LogP contribution in [0, 0.1) is 0 Å². The first kappa shape index (κ1) is 13.8. The van der Waals surface area contributed by atoms with E-state index in [2.05, 4.69) is 5.32 Å². The Hall–Kier alpha value is -2.17. The lowest BCUT2D eigenvalue weighted by atomic mass is 10.2. The maximum Gasteiger partial charge on any atom is 0.251 e. The minimum absolute atomic E-state index is 0.171. The molecule has 1 atom stereocenters. The number of thiophene rings is 1. The second-order valence-electron chi connectivity index (χ2n) is 4.78. The summed E-state index contributed by atoms with van der Waals surface area (Å²) in [5, 5.41) is 14.1. The first-order chi connectivity index (χ1) is 10.2. The molecule has 4 heteroatoms. The number of nitrogens with one attached hydrogen (secondary N) is 1. The van der Waals surface area contributed by atoms with Crippen molar-refractivity contribution in [2.75, 3.05) is 6.54 Å². The second kappa shape index (κ2) is 6.08. The van der Waals surface area contributed by atoms with Crippen molar-refractivity contribution < 1.29 is 9.90 Å². The van der Waals surface area contributed by atoms with Crippen molar-refractivity contribution in [3.63, 3.8) is 0 Å². The molecule has 0 aliphatic carbocycles. The summed E-state index contributed by atoms with van der Waals surface area (Å²) in [6.45, 7) is 0.209. The SMILES string of the molecule is O=C(NCC(O)c1cc2ccccc2s1)c1ccccc1. The van der Waals surface area contributed by atoms with Gasteiger partial charge in [-0.3, -0.25) is 4.79 Å². The molecule has 0 spiro atoms. The van der Waals surface area contributed by atoms with Crippen LogP contribution in [0.25, 0.3) is 10.1 Å². The van der Waals surface area contributed by atoms with Gasteiger partial charge in [-0.15, -0.1) is 11.3 Å². The molecule has 1 amide bonds. The van der Waals surface area contributed by atoms with Gasteiger partial charge < -0.3 is 10.4 Å². The summed E-state index contributed by atoms with van der Waals surface area (Å²) < 4.78 is 1.14. The summed E-state index contributed by atoms with van der Waals surface area (Å²) in [7, 11) is 0. The topological polar surface area (TPSA) is 49.3 Å². The predicted molar refractivity (Wildman–Crippen MR) is 85.6 cm³/mol. The van der Waals surface area contributed by atoms with Gasteiger partial charge in [-0.25, -0.2) is 0 Å². The molecule has 3 aromatic rings. The molecule has 0 fully saturated rings. The molecule has 0 saturated carbocycles. The highest BCUT2D eigenvalue weighted by Gasteiger charge is 2.13. The predicted octanol–water partition coefficient (Wildman–Crippen LogP) is 3.36. The number of aliphatic hydroxyl groups is 1. The number of carbonyl (C=O) groups is 1. The Labute approximate surface area is 126 Å². The zero-order valence-electron chi connectivity index (χ0n) is 11.3. The van der Waals surface area contributed by atoms with E-state index < -0.39 is 6.10 Å². The van der Waals surface area contributed by atoms with E-state index in [9.17, 15) is 9.90 Å². The molecule has 2 aromatic carbocycles. The van der Waals surface area contributed by atoms with E-state index in [0.717, 1.165) is 15.0 Å². The molecular weight excluding hydrogens is 282 g/mol. The molecule has 0 bridgehead atoms. The fraction of sp³-hybridized carbons (Fsp3) is 0.118. The molecule has 21 heavy (non-hydrogen) atoms. The van der Waals surface area contributed by atoms with Gasteiger partial charge in [-0.1, -0.05) is 36.4 Å². The molecule has 1 heterocycles. The zero-order chi connectivity index (χ0) is 14.7. The Morgan fingerprint density at radius 1 is 1.10 bits per heavy atom. The number of hydrogen-bond donors (Lipinski definition) is 2. The van der Waals surface area contributed by atoms with E-state index in [0.29, 0.717) is 5.56 Å². The van der Waals surface area contributed by atoms with Gasteiger partial charge in [-0.05, 0) is 29.7 Å². The Morgan fingerprint density at radius 2 is 1.81 bits per heavy atom. The summed E-state index contributed by atoms with van der Waals surface area (Å²) in [5.41, 5.74) is 0.598. The number of rotatable bonds is 4. The number of amides is 1. The van der Waals surface area contributed by atoms with Crippen LogP contribution in [-0.2, 0) is 0 Å². The van der Waals surface area contributed by atoms with Crippen LogP contribution in [0.15, 0.2) is 60.7 Å². The minimum atomic E-state index is -0.685. The van der Waals surface area contributed by atoms with Crippen molar-refractivity contribution in [1.82, 2.24) is 5.32 Å². The van der Waals surface area contributed by atoms with E-state index in [1.54, 1.807) is 23.5 Å². The van der Waals surface area contributed by atoms with E-state index in [1.807, 2.05) is 48.5 Å². The first-order valence-electron chi connectivity index (χ1n) is 6.74. The summed E-state index contributed by atoms with van der Waals surface area (Å²) in [5.74, 6) is -0.171. The molecule has 3 rings (SSSR count). The molecule has 3 nitrogen and oxygen atoms in total. The second-order valence-corrected chi connectivity index (χ2v) is 5.89. The van der Waals surface area contributed by atoms with Gasteiger partial charge in [0.25, 0.3) is 5.91 Å². The Balaban J connectivity index is 1.66. The largest absolute Gasteiger partial charge is 0.386 e. The van der Waals surface area contributed by atoms with Gasteiger partial charge >= 0.3 is 0 Å². The number of benzene rings is 2. The average Bonchev–Trinajstić information content (AvgIpc) is 2.97. The lowest BCUT2D eigenvalue weighted by Gasteiger charge is -2.10. The molecule has 1 unspecified atom stereocenters. The van der Waals surface area contributed by atoms with Crippen molar-refractivity contribution >= 4 is 27.3 Å². The molecule has 2 N–H and O–H groups in total. The Morgan fingerprint density at radius 3 is 2.57 bits per heavy atom. The van der Waals surface area contributed by atoms with Crippen molar-refractivity contribution in [2.45, 2.75) is 6.10 Å². The van der Waals surface area contributed by atoms with Gasteiger partial charge in [0.2, 0.25) is 0 Å². The van der Waals surface area contributed by atoms with Crippen LogP contribution in [-0.4, -0.2) is 17.6 Å². The lowest BCUT2D eigenvalue weighted by molar-refractivity contribution is 0.0918. The van der Waals surface area contributed by atoms with Crippen LogP contribution < -0.4 is 5.32 Å². The van der Waals surface area contributed by atoms with Crippen molar-refractivity contribution in [3.8, 4) is 0 Å². The third-order valence-corrected chi connectivity index (χ3v) is 4.48. The van der Waals surface area contributed by atoms with E-state index in [-0.39, 0.29) is 12.5 Å². The average molecular weight is 297 g/mol. The number of hydrogen-bond acceptors (Lipinski definition) is 3. The Kier molecular flexibility index (Phi) is 3.99. The minimum Gasteiger partial charge on any atom is -0.386 e. The highest BCUT2D eigenvalue weighted by atomic mass is 32.1. The molecule has 0 aliphatic heterocycles. The van der Waals surface area contributed by atoms with E-state index >= 15 is 0 Å². The summed E-state index contributed by atoms with van der Waals surface area (Å²) >= 11 is 1.55. The van der Waals surface area contributed by atoms with Crippen LogP contribution >= 0.6 is 11.3 Å². The maximum atomic E-state index is 11.9. The molecule has 0 saturated heterocycles. The van der Waals surface area contributed by atoms with Crippen molar-refractivity contribution in [1.29, 1.82) is 0 Å². The third kappa shape index (κ3) is 3.12. The quantitative estimate of drug-likeness (QED) is 0.775. The summed E-state index contributed by atoms with van der Waals surface area (Å²) in [6.07, 6.45) is -0.685. The Bertz CT molecular complexity index is 719. The number of fused-ring (bicyclic) bond motifs is 1. The number of aliphatic hydroxyl groups excluding tert-OH is 1. The fourth-order valence-corrected chi connectivity index (χ4v) is 3.20. The maximum absolute atomic E-state index is 11.9. The molecule has 106 valence electrons. The highest BCUT2D eigenvalue weighted by Crippen LogP contribution is 2.29. The fourth-order valence-electron chi connectivity index (χ4n) is 2.15. The molecule has 1 aromatic heterocycles. The van der Waals surface area contributed by atoms with Crippen LogP contribution in [0.3, 0.4) is 0 Å². The third-order valence-electron chi connectivity index (χ3n) is 3.26. The zero-order valence-corrected chi connectivity index (χ0v) is 12.1. The molecule has 0 radical (unpaired) electrons.